The summed E-state index contributed by atoms with van der Waals surface area (Å²) in [7, 11) is 0. The Labute approximate surface area is 250 Å². The summed E-state index contributed by atoms with van der Waals surface area (Å²) >= 11 is 6.08. The molecule has 2 amide bonds. The average Bonchev–Trinajstić information content (AvgIpc) is 3.36. The van der Waals surface area contributed by atoms with E-state index in [4.69, 9.17) is 22.1 Å². The summed E-state index contributed by atoms with van der Waals surface area (Å²) in [5.41, 5.74) is 9.58. The second-order valence-corrected chi connectivity index (χ2v) is 13.4. The fraction of sp³-hybridized carbons (Fsp3) is 0.710. The van der Waals surface area contributed by atoms with Crippen molar-refractivity contribution < 1.29 is 19.1 Å². The highest BCUT2D eigenvalue weighted by atomic mass is 35.5. The van der Waals surface area contributed by atoms with Crippen molar-refractivity contribution in [3.05, 3.63) is 34.9 Å². The molecule has 1 aliphatic heterocycles. The van der Waals surface area contributed by atoms with E-state index in [1.807, 2.05) is 31.0 Å². The highest BCUT2D eigenvalue weighted by Crippen LogP contribution is 2.28. The molecule has 0 spiro atoms. The minimum atomic E-state index is -0.947. The quantitative estimate of drug-likeness (QED) is 0.335. The van der Waals surface area contributed by atoms with Crippen LogP contribution in [0.5, 0.6) is 0 Å². The smallest absolute Gasteiger partial charge is 0.325 e. The van der Waals surface area contributed by atoms with Crippen LogP contribution in [0.4, 0.5) is 0 Å². The molecule has 1 aliphatic carbocycles. The number of esters is 1. The first-order chi connectivity index (χ1) is 19.2. The Kier molecular flexibility index (Phi) is 12.0. The van der Waals surface area contributed by atoms with Crippen LogP contribution >= 0.6 is 11.6 Å². The number of carbonyl (C=O) groups is 3. The van der Waals surface area contributed by atoms with E-state index in [1.54, 1.807) is 39.8 Å². The van der Waals surface area contributed by atoms with Gasteiger partial charge in [0.1, 0.15) is 11.6 Å². The zero-order valence-corrected chi connectivity index (χ0v) is 26.4. The summed E-state index contributed by atoms with van der Waals surface area (Å²) in [5.74, 6) is -0.613. The van der Waals surface area contributed by atoms with Gasteiger partial charge in [-0.25, -0.2) is 5.01 Å². The van der Waals surface area contributed by atoms with Gasteiger partial charge in [-0.15, -0.1) is 0 Å². The Hall–Kier alpha value is -2.20. The lowest BCUT2D eigenvalue weighted by atomic mass is 9.92. The van der Waals surface area contributed by atoms with E-state index in [0.717, 1.165) is 37.7 Å². The summed E-state index contributed by atoms with van der Waals surface area (Å²) in [6.07, 6.45) is 6.82. The molecule has 2 aliphatic rings. The molecule has 1 saturated carbocycles. The summed E-state index contributed by atoms with van der Waals surface area (Å²) in [6, 6.07) is 5.55. The molecule has 1 aromatic rings. The van der Waals surface area contributed by atoms with Gasteiger partial charge in [-0.2, -0.15) is 0 Å². The first-order valence-electron chi connectivity index (χ1n) is 15.1. The molecule has 41 heavy (non-hydrogen) atoms. The number of halogens is 1. The molecule has 0 radical (unpaired) electrons. The minimum Gasteiger partial charge on any atom is -0.459 e. The fourth-order valence-corrected chi connectivity index (χ4v) is 5.82. The molecule has 1 heterocycles. The highest BCUT2D eigenvalue weighted by Gasteiger charge is 2.38. The zero-order valence-electron chi connectivity index (χ0n) is 25.6. The Morgan fingerprint density at radius 2 is 1.68 bits per heavy atom. The van der Waals surface area contributed by atoms with Crippen molar-refractivity contribution in [2.24, 2.45) is 11.7 Å². The van der Waals surface area contributed by atoms with E-state index < -0.39 is 29.7 Å². The normalized spacial score (nSPS) is 20.9. The number of nitrogens with one attached hydrogen (secondary N) is 2. The average molecular weight is 592 g/mol. The van der Waals surface area contributed by atoms with E-state index >= 15 is 0 Å². The molecule has 230 valence electrons. The molecule has 0 aromatic heterocycles. The third kappa shape index (κ3) is 9.94. The van der Waals surface area contributed by atoms with Crippen molar-refractivity contribution in [1.29, 1.82) is 0 Å². The Morgan fingerprint density at radius 3 is 2.27 bits per heavy atom. The van der Waals surface area contributed by atoms with Gasteiger partial charge in [-0.05, 0) is 71.1 Å². The predicted octanol–water partition coefficient (Wildman–Crippen LogP) is 3.82. The number of hydrazine groups is 1. The molecule has 4 N–H and O–H groups in total. The van der Waals surface area contributed by atoms with Crippen LogP contribution < -0.4 is 16.5 Å². The number of benzene rings is 1. The van der Waals surface area contributed by atoms with Gasteiger partial charge >= 0.3 is 5.97 Å². The van der Waals surface area contributed by atoms with Crippen molar-refractivity contribution in [2.45, 2.75) is 122 Å². The van der Waals surface area contributed by atoms with Gasteiger partial charge in [-0.3, -0.25) is 19.8 Å². The third-order valence-corrected chi connectivity index (χ3v) is 8.14. The topological polar surface area (TPSA) is 117 Å². The summed E-state index contributed by atoms with van der Waals surface area (Å²) in [6.45, 7) is 12.3. The molecular formula is C31H50ClN5O4. The van der Waals surface area contributed by atoms with Crippen molar-refractivity contribution in [3.63, 3.8) is 0 Å². The van der Waals surface area contributed by atoms with Gasteiger partial charge in [0.05, 0.1) is 6.04 Å². The van der Waals surface area contributed by atoms with E-state index in [1.165, 1.54) is 6.42 Å². The number of amides is 2. The van der Waals surface area contributed by atoms with Crippen molar-refractivity contribution in [1.82, 2.24) is 20.7 Å². The third-order valence-electron chi connectivity index (χ3n) is 7.89. The molecule has 2 fully saturated rings. The van der Waals surface area contributed by atoms with Gasteiger partial charge in [0.25, 0.3) is 5.91 Å². The molecule has 10 heteroatoms. The van der Waals surface area contributed by atoms with Gasteiger partial charge in [-0.1, -0.05) is 56.8 Å². The number of nitrogens with two attached hydrogens (primary N) is 1. The zero-order chi connectivity index (χ0) is 30.3. The van der Waals surface area contributed by atoms with E-state index in [2.05, 4.69) is 15.6 Å². The van der Waals surface area contributed by atoms with Crippen LogP contribution in [-0.2, 0) is 25.5 Å². The van der Waals surface area contributed by atoms with Gasteiger partial charge in [0, 0.05) is 42.2 Å². The lowest BCUT2D eigenvalue weighted by molar-refractivity contribution is -0.157. The highest BCUT2D eigenvalue weighted by molar-refractivity contribution is 6.30. The van der Waals surface area contributed by atoms with E-state index in [9.17, 15) is 14.4 Å². The van der Waals surface area contributed by atoms with Crippen LogP contribution in [-0.4, -0.2) is 76.6 Å². The Bertz CT molecular complexity index is 1020. The molecule has 0 bridgehead atoms. The predicted molar refractivity (Wildman–Crippen MR) is 162 cm³/mol. The molecule has 1 aromatic carbocycles. The molecule has 9 nitrogen and oxygen atoms in total. The SMILES string of the molecule is CC(C)C(=O)N(C1CCCCC1)[C@H]1CCN(NC(=O)[C@@H](Cc2ccc(Cl)cc2)NC(C)C(N)C(=O)OC(C)(C)C)C1. The van der Waals surface area contributed by atoms with Crippen LogP contribution in [0, 0.1) is 5.92 Å². The monoisotopic (exact) mass is 591 g/mol. The van der Waals surface area contributed by atoms with Gasteiger partial charge in [0.2, 0.25) is 5.91 Å². The van der Waals surface area contributed by atoms with Crippen LogP contribution in [0.15, 0.2) is 24.3 Å². The number of ether oxygens (including phenoxy) is 1. The van der Waals surface area contributed by atoms with E-state index in [0.29, 0.717) is 24.5 Å². The molecule has 4 atom stereocenters. The number of nitrogens with zero attached hydrogens (tertiary/aromatic N) is 2. The van der Waals surface area contributed by atoms with Crippen molar-refractivity contribution in [2.75, 3.05) is 13.1 Å². The number of carbonyl (C=O) groups excluding carboxylic acids is 3. The van der Waals surface area contributed by atoms with E-state index in [-0.39, 0.29) is 29.8 Å². The molecule has 2 unspecified atom stereocenters. The van der Waals surface area contributed by atoms with Crippen molar-refractivity contribution in [3.8, 4) is 0 Å². The molecule has 1 saturated heterocycles. The molecule has 3 rings (SSSR count). The number of hydrogen-bond acceptors (Lipinski definition) is 7. The summed E-state index contributed by atoms with van der Waals surface area (Å²) in [4.78, 5) is 41.7. The minimum absolute atomic E-state index is 0.0653. The van der Waals surface area contributed by atoms with Gasteiger partial charge in [0.15, 0.2) is 0 Å². The first-order valence-corrected chi connectivity index (χ1v) is 15.5. The van der Waals surface area contributed by atoms with Crippen LogP contribution in [0.25, 0.3) is 0 Å². The standard InChI is InChI=1S/C31H50ClN5O4/c1-20(2)29(39)37(24-10-8-7-9-11-24)25-16-17-36(19-25)35-28(38)26(18-22-12-14-23(32)15-13-22)34-21(3)27(33)30(40)41-31(4,5)6/h12-15,20-21,24-27,34H,7-11,16-19,33H2,1-6H3,(H,35,38)/t21?,25-,26+,27?/m0/s1. The van der Waals surface area contributed by atoms with Crippen LogP contribution in [0.1, 0.15) is 85.6 Å². The second kappa shape index (κ2) is 14.8. The molecular weight excluding hydrogens is 542 g/mol. The maximum absolute atomic E-state index is 13.7. The summed E-state index contributed by atoms with van der Waals surface area (Å²) < 4.78 is 5.46. The number of rotatable bonds is 11. The largest absolute Gasteiger partial charge is 0.459 e. The maximum atomic E-state index is 13.7. The van der Waals surface area contributed by atoms with Crippen LogP contribution in [0.2, 0.25) is 5.02 Å². The lowest BCUT2D eigenvalue weighted by Crippen LogP contribution is -2.58. The second-order valence-electron chi connectivity index (χ2n) is 13.0. The fourth-order valence-electron chi connectivity index (χ4n) is 5.70. The maximum Gasteiger partial charge on any atom is 0.325 e. The number of hydrogen-bond donors (Lipinski definition) is 3. The van der Waals surface area contributed by atoms with Crippen molar-refractivity contribution >= 4 is 29.4 Å². The Balaban J connectivity index is 1.70. The van der Waals surface area contributed by atoms with Gasteiger partial charge < -0.3 is 20.7 Å². The summed E-state index contributed by atoms with van der Waals surface area (Å²) in [5, 5.41) is 5.81. The Morgan fingerprint density at radius 1 is 1.05 bits per heavy atom. The lowest BCUT2D eigenvalue weighted by Gasteiger charge is -2.39. The first kappa shape index (κ1) is 33.3. The van der Waals surface area contributed by atoms with Crippen LogP contribution in [0.3, 0.4) is 0 Å².